The zero-order valence-electron chi connectivity index (χ0n) is 15.1. The van der Waals surface area contributed by atoms with Gasteiger partial charge in [-0.3, -0.25) is 0 Å². The second kappa shape index (κ2) is 8.86. The standard InChI is InChI=1S/C19H14N8S2/c20-7-13-3-5-15(22-10-13)28-18-25-17(24-9-12-1-2-12)26-19(27-18)29-16-6-4-14(8-21)11-23-16/h3-6,10-12H,1-2,9H2,(H,24,25,26,27). The molecule has 0 bridgehead atoms. The first-order valence-corrected chi connectivity index (χ1v) is 10.4. The molecule has 0 radical (unpaired) electrons. The van der Waals surface area contributed by atoms with Gasteiger partial charge < -0.3 is 5.32 Å². The summed E-state index contributed by atoms with van der Waals surface area (Å²) in [6.07, 6.45) is 5.50. The number of nitrogens with zero attached hydrogens (tertiary/aromatic N) is 7. The summed E-state index contributed by atoms with van der Waals surface area (Å²) in [6.45, 7) is 0.836. The van der Waals surface area contributed by atoms with Crippen molar-refractivity contribution in [1.82, 2.24) is 24.9 Å². The molecule has 3 aromatic heterocycles. The van der Waals surface area contributed by atoms with Crippen LogP contribution in [0.1, 0.15) is 24.0 Å². The van der Waals surface area contributed by atoms with Crippen LogP contribution in [0, 0.1) is 28.6 Å². The Hall–Kier alpha value is -3.21. The van der Waals surface area contributed by atoms with Gasteiger partial charge in [0.2, 0.25) is 5.95 Å². The first-order valence-electron chi connectivity index (χ1n) is 8.80. The Labute approximate surface area is 175 Å². The highest BCUT2D eigenvalue weighted by atomic mass is 32.2. The van der Waals surface area contributed by atoms with Crippen molar-refractivity contribution in [3.8, 4) is 12.1 Å². The fourth-order valence-electron chi connectivity index (χ4n) is 2.27. The van der Waals surface area contributed by atoms with Crippen LogP contribution in [-0.2, 0) is 0 Å². The van der Waals surface area contributed by atoms with Gasteiger partial charge in [-0.15, -0.1) is 0 Å². The molecule has 0 unspecified atom stereocenters. The van der Waals surface area contributed by atoms with E-state index in [9.17, 15) is 0 Å². The second-order valence-electron chi connectivity index (χ2n) is 6.25. The van der Waals surface area contributed by atoms with Gasteiger partial charge in [0.25, 0.3) is 0 Å². The van der Waals surface area contributed by atoms with Gasteiger partial charge in [0.05, 0.1) is 11.1 Å². The third-order valence-electron chi connectivity index (χ3n) is 3.96. The lowest BCUT2D eigenvalue weighted by atomic mass is 10.3. The van der Waals surface area contributed by atoms with Crippen LogP contribution in [0.15, 0.2) is 57.0 Å². The molecule has 3 aromatic rings. The molecule has 0 amide bonds. The van der Waals surface area contributed by atoms with Crippen molar-refractivity contribution < 1.29 is 0 Å². The van der Waals surface area contributed by atoms with E-state index < -0.39 is 0 Å². The molecule has 0 aromatic carbocycles. The van der Waals surface area contributed by atoms with E-state index in [2.05, 4.69) is 42.4 Å². The molecule has 10 heteroatoms. The van der Waals surface area contributed by atoms with Crippen LogP contribution in [0.25, 0.3) is 0 Å². The molecule has 1 N–H and O–H groups in total. The number of anilines is 1. The van der Waals surface area contributed by atoms with Crippen molar-refractivity contribution in [2.75, 3.05) is 11.9 Å². The molecule has 0 atom stereocenters. The Morgan fingerprint density at radius 2 is 1.41 bits per heavy atom. The number of pyridine rings is 2. The number of rotatable bonds is 7. The fraction of sp³-hybridized carbons (Fsp3) is 0.211. The average molecular weight is 419 g/mol. The maximum atomic E-state index is 8.91. The van der Waals surface area contributed by atoms with Gasteiger partial charge >= 0.3 is 0 Å². The molecule has 3 heterocycles. The lowest BCUT2D eigenvalue weighted by molar-refractivity contribution is 0.783. The van der Waals surface area contributed by atoms with Crippen LogP contribution in [-0.4, -0.2) is 31.5 Å². The number of aromatic nitrogens is 5. The van der Waals surface area contributed by atoms with E-state index in [0.717, 1.165) is 6.54 Å². The summed E-state index contributed by atoms with van der Waals surface area (Å²) in [4.78, 5) is 22.0. The Kier molecular flexibility index (Phi) is 5.84. The maximum Gasteiger partial charge on any atom is 0.227 e. The van der Waals surface area contributed by atoms with E-state index in [0.29, 0.717) is 43.4 Å². The van der Waals surface area contributed by atoms with Crippen molar-refractivity contribution >= 4 is 29.5 Å². The normalized spacial score (nSPS) is 12.8. The molecule has 0 spiro atoms. The Balaban J connectivity index is 1.56. The van der Waals surface area contributed by atoms with Gasteiger partial charge in [0.1, 0.15) is 22.2 Å². The molecule has 4 rings (SSSR count). The first-order chi connectivity index (χ1) is 14.2. The Morgan fingerprint density at radius 3 is 1.83 bits per heavy atom. The van der Waals surface area contributed by atoms with Crippen molar-refractivity contribution in [3.63, 3.8) is 0 Å². The molecule has 1 saturated carbocycles. The first kappa shape index (κ1) is 19.1. The van der Waals surface area contributed by atoms with Gasteiger partial charge in [-0.05, 0) is 66.5 Å². The average Bonchev–Trinajstić information content (AvgIpc) is 3.58. The molecular weight excluding hydrogens is 404 g/mol. The quantitative estimate of drug-likeness (QED) is 0.609. The topological polar surface area (TPSA) is 124 Å². The molecular formula is C19H14N8S2. The van der Waals surface area contributed by atoms with E-state index in [-0.39, 0.29) is 0 Å². The van der Waals surface area contributed by atoms with Crippen molar-refractivity contribution in [2.45, 2.75) is 33.2 Å². The molecule has 1 aliphatic carbocycles. The molecule has 142 valence electrons. The summed E-state index contributed by atoms with van der Waals surface area (Å²) in [5.41, 5.74) is 1.000. The van der Waals surface area contributed by atoms with Crippen molar-refractivity contribution in [2.24, 2.45) is 5.92 Å². The van der Waals surface area contributed by atoms with Crippen molar-refractivity contribution in [3.05, 3.63) is 47.8 Å². The second-order valence-corrected chi connectivity index (χ2v) is 8.22. The minimum Gasteiger partial charge on any atom is -0.354 e. The molecule has 8 nitrogen and oxygen atoms in total. The van der Waals surface area contributed by atoms with E-state index in [1.807, 2.05) is 0 Å². The number of hydrogen-bond acceptors (Lipinski definition) is 10. The molecule has 0 aliphatic heterocycles. The summed E-state index contributed by atoms with van der Waals surface area (Å²) in [6, 6.07) is 11.0. The smallest absolute Gasteiger partial charge is 0.227 e. The molecule has 1 fully saturated rings. The Morgan fingerprint density at radius 1 is 0.862 bits per heavy atom. The molecule has 0 saturated heterocycles. The highest BCUT2D eigenvalue weighted by Gasteiger charge is 2.21. The van der Waals surface area contributed by atoms with Gasteiger partial charge in [0, 0.05) is 18.9 Å². The van der Waals surface area contributed by atoms with Gasteiger partial charge in [0.15, 0.2) is 10.3 Å². The summed E-state index contributed by atoms with van der Waals surface area (Å²) >= 11 is 2.60. The van der Waals surface area contributed by atoms with Crippen molar-refractivity contribution in [1.29, 1.82) is 10.5 Å². The largest absolute Gasteiger partial charge is 0.354 e. The van der Waals surface area contributed by atoms with Gasteiger partial charge in [-0.2, -0.15) is 25.5 Å². The highest BCUT2D eigenvalue weighted by Crippen LogP contribution is 2.30. The Bertz CT molecular complexity index is 1010. The zero-order chi connectivity index (χ0) is 20.1. The minimum absolute atomic E-state index is 0.500. The van der Waals surface area contributed by atoms with E-state index >= 15 is 0 Å². The minimum atomic E-state index is 0.500. The van der Waals surface area contributed by atoms with E-state index in [1.165, 1.54) is 48.8 Å². The monoisotopic (exact) mass is 418 g/mol. The SMILES string of the molecule is N#Cc1ccc(Sc2nc(NCC3CC3)nc(Sc3ccc(C#N)cn3)n2)nc1. The van der Waals surface area contributed by atoms with E-state index in [4.69, 9.17) is 10.5 Å². The van der Waals surface area contributed by atoms with Crippen LogP contribution >= 0.6 is 23.5 Å². The van der Waals surface area contributed by atoms with E-state index in [1.54, 1.807) is 24.3 Å². The maximum absolute atomic E-state index is 8.91. The number of hydrogen-bond donors (Lipinski definition) is 1. The lowest BCUT2D eigenvalue weighted by Crippen LogP contribution is -2.09. The summed E-state index contributed by atoms with van der Waals surface area (Å²) in [5, 5.41) is 23.5. The molecule has 1 aliphatic rings. The summed E-state index contributed by atoms with van der Waals surface area (Å²) < 4.78 is 0. The van der Waals surface area contributed by atoms with Crippen LogP contribution in [0.3, 0.4) is 0 Å². The predicted octanol–water partition coefficient (Wildman–Crippen LogP) is 3.53. The van der Waals surface area contributed by atoms with Gasteiger partial charge in [-0.1, -0.05) is 0 Å². The third kappa shape index (κ3) is 5.41. The van der Waals surface area contributed by atoms with Crippen LogP contribution in [0.4, 0.5) is 5.95 Å². The zero-order valence-corrected chi connectivity index (χ0v) is 16.7. The summed E-state index contributed by atoms with van der Waals surface area (Å²) in [5.74, 6) is 1.19. The fourth-order valence-corrected chi connectivity index (χ4v) is 3.71. The predicted molar refractivity (Wildman–Crippen MR) is 107 cm³/mol. The van der Waals surface area contributed by atoms with Gasteiger partial charge in [-0.25, -0.2) is 9.97 Å². The lowest BCUT2D eigenvalue weighted by Gasteiger charge is -2.08. The van der Waals surface area contributed by atoms with Crippen LogP contribution < -0.4 is 5.32 Å². The molecule has 29 heavy (non-hydrogen) atoms. The van der Waals surface area contributed by atoms with Crippen LogP contribution in [0.5, 0.6) is 0 Å². The summed E-state index contributed by atoms with van der Waals surface area (Å²) in [7, 11) is 0. The number of nitrogens with one attached hydrogen (secondary N) is 1. The number of nitriles is 2. The van der Waals surface area contributed by atoms with Crippen LogP contribution in [0.2, 0.25) is 0 Å². The third-order valence-corrected chi connectivity index (χ3v) is 5.59. The highest BCUT2D eigenvalue weighted by molar-refractivity contribution is 7.99.